The van der Waals surface area contributed by atoms with Gasteiger partial charge in [0.2, 0.25) is 0 Å². The summed E-state index contributed by atoms with van der Waals surface area (Å²) < 4.78 is 17.4. The molecule has 0 heterocycles. The zero-order valence-electron chi connectivity index (χ0n) is 12.4. The third kappa shape index (κ3) is 4.42. The lowest BCUT2D eigenvalue weighted by atomic mass is 10.1. The van der Waals surface area contributed by atoms with Gasteiger partial charge in [-0.3, -0.25) is 4.79 Å². The molecule has 0 aliphatic heterocycles. The molecule has 0 fully saturated rings. The van der Waals surface area contributed by atoms with Crippen LogP contribution in [0.2, 0.25) is 0 Å². The Morgan fingerprint density at radius 3 is 2.39 bits per heavy atom. The minimum absolute atomic E-state index is 0.103. The molecule has 0 saturated heterocycles. The van der Waals surface area contributed by atoms with Crippen molar-refractivity contribution in [2.75, 3.05) is 13.7 Å². The Hall–Kier alpha value is -3.13. The number of methoxy groups -OCH3 is 1. The van der Waals surface area contributed by atoms with Crippen LogP contribution in [0, 0.1) is 17.7 Å². The lowest BCUT2D eigenvalue weighted by Gasteiger charge is -2.06. The third-order valence-corrected chi connectivity index (χ3v) is 2.99. The monoisotopic (exact) mass is 311 g/mol. The molecule has 0 aromatic heterocycles. The molecule has 0 saturated carbocycles. The molecule has 1 N–H and O–H groups in total. The maximum Gasteiger partial charge on any atom is 0.338 e. The van der Waals surface area contributed by atoms with Crippen LogP contribution in [-0.4, -0.2) is 25.5 Å². The number of carbonyl (C=O) groups excluding carboxylic acids is 2. The van der Waals surface area contributed by atoms with E-state index in [4.69, 9.17) is 0 Å². The van der Waals surface area contributed by atoms with Crippen molar-refractivity contribution in [2.24, 2.45) is 0 Å². The van der Waals surface area contributed by atoms with Crippen molar-refractivity contribution in [1.82, 2.24) is 5.32 Å². The Balaban J connectivity index is 2.01. The van der Waals surface area contributed by atoms with Crippen LogP contribution in [0.3, 0.4) is 0 Å². The summed E-state index contributed by atoms with van der Waals surface area (Å²) >= 11 is 0. The van der Waals surface area contributed by atoms with Gasteiger partial charge in [0.05, 0.1) is 24.8 Å². The van der Waals surface area contributed by atoms with Crippen molar-refractivity contribution in [3.05, 3.63) is 71.0 Å². The summed E-state index contributed by atoms with van der Waals surface area (Å²) in [5, 5.41) is 2.61. The number of ether oxygens (including phenoxy) is 1. The fourth-order valence-corrected chi connectivity index (χ4v) is 1.87. The van der Waals surface area contributed by atoms with Crippen LogP contribution < -0.4 is 5.32 Å². The van der Waals surface area contributed by atoms with E-state index in [1.807, 2.05) is 0 Å². The fourth-order valence-electron chi connectivity index (χ4n) is 1.87. The second-order valence-corrected chi connectivity index (χ2v) is 4.53. The van der Waals surface area contributed by atoms with Gasteiger partial charge >= 0.3 is 5.97 Å². The molecule has 0 aliphatic rings. The van der Waals surface area contributed by atoms with E-state index < -0.39 is 11.9 Å². The number of hydrogen-bond donors (Lipinski definition) is 1. The topological polar surface area (TPSA) is 55.4 Å². The van der Waals surface area contributed by atoms with Crippen molar-refractivity contribution in [3.8, 4) is 11.8 Å². The van der Waals surface area contributed by atoms with E-state index in [0.29, 0.717) is 5.56 Å². The molecule has 1 amide bonds. The van der Waals surface area contributed by atoms with Gasteiger partial charge in [-0.05, 0) is 36.4 Å². The van der Waals surface area contributed by atoms with Crippen LogP contribution in [-0.2, 0) is 4.74 Å². The summed E-state index contributed by atoms with van der Waals surface area (Å²) in [6.45, 7) is 0.103. The lowest BCUT2D eigenvalue weighted by Crippen LogP contribution is -2.25. The molecule has 0 atom stereocenters. The van der Waals surface area contributed by atoms with Gasteiger partial charge in [-0.15, -0.1) is 0 Å². The summed E-state index contributed by atoms with van der Waals surface area (Å²) in [5.74, 6) is 4.24. The van der Waals surface area contributed by atoms with E-state index in [0.717, 1.165) is 0 Å². The maximum atomic E-state index is 12.8. The second kappa shape index (κ2) is 7.76. The van der Waals surface area contributed by atoms with Crippen LogP contribution in [0.25, 0.3) is 0 Å². The van der Waals surface area contributed by atoms with Crippen LogP contribution in [0.1, 0.15) is 26.3 Å². The Bertz CT molecular complexity index is 773. The standard InChI is InChI=1S/C18H14FNO3/c1-23-18(22)16-7-3-2-6-15(16)17(21)20-12-4-5-13-8-10-14(19)11-9-13/h2-3,6-11H,12H2,1H3,(H,20,21). The van der Waals surface area contributed by atoms with E-state index in [1.165, 1.54) is 31.4 Å². The number of hydrogen-bond acceptors (Lipinski definition) is 3. The van der Waals surface area contributed by atoms with Gasteiger partial charge in [0.1, 0.15) is 5.82 Å². The van der Waals surface area contributed by atoms with Gasteiger partial charge in [0, 0.05) is 5.56 Å². The number of esters is 1. The first-order valence-corrected chi connectivity index (χ1v) is 6.82. The Kier molecular flexibility index (Phi) is 5.48. The third-order valence-electron chi connectivity index (χ3n) is 2.99. The Labute approximate surface area is 133 Å². The molecule has 5 heteroatoms. The second-order valence-electron chi connectivity index (χ2n) is 4.53. The van der Waals surface area contributed by atoms with E-state index in [9.17, 15) is 14.0 Å². The molecule has 23 heavy (non-hydrogen) atoms. The summed E-state index contributed by atoms with van der Waals surface area (Å²) in [7, 11) is 1.26. The van der Waals surface area contributed by atoms with Gasteiger partial charge in [-0.2, -0.15) is 0 Å². The van der Waals surface area contributed by atoms with Crippen molar-refractivity contribution in [3.63, 3.8) is 0 Å². The molecule has 0 unspecified atom stereocenters. The van der Waals surface area contributed by atoms with Gasteiger partial charge in [0.15, 0.2) is 0 Å². The smallest absolute Gasteiger partial charge is 0.338 e. The van der Waals surface area contributed by atoms with E-state index in [2.05, 4.69) is 21.9 Å². The molecule has 116 valence electrons. The van der Waals surface area contributed by atoms with Crippen molar-refractivity contribution in [1.29, 1.82) is 0 Å². The largest absolute Gasteiger partial charge is 0.465 e. The molecular formula is C18H14FNO3. The average Bonchev–Trinajstić information content (AvgIpc) is 2.59. The number of amides is 1. The SMILES string of the molecule is COC(=O)c1ccccc1C(=O)NCC#Cc1ccc(F)cc1. The lowest BCUT2D eigenvalue weighted by molar-refractivity contribution is 0.0596. The molecular weight excluding hydrogens is 297 g/mol. The number of rotatable bonds is 3. The molecule has 4 nitrogen and oxygen atoms in total. The van der Waals surface area contributed by atoms with Gasteiger partial charge in [-0.1, -0.05) is 24.0 Å². The molecule has 0 aliphatic carbocycles. The van der Waals surface area contributed by atoms with Crippen LogP contribution in [0.5, 0.6) is 0 Å². The van der Waals surface area contributed by atoms with Crippen molar-refractivity contribution < 1.29 is 18.7 Å². The van der Waals surface area contributed by atoms with Crippen LogP contribution in [0.15, 0.2) is 48.5 Å². The summed E-state index contributed by atoms with van der Waals surface area (Å²) in [4.78, 5) is 23.7. The first-order chi connectivity index (χ1) is 11.1. The minimum Gasteiger partial charge on any atom is -0.465 e. The van der Waals surface area contributed by atoms with Crippen LogP contribution >= 0.6 is 0 Å². The summed E-state index contributed by atoms with van der Waals surface area (Å²) in [6.07, 6.45) is 0. The highest BCUT2D eigenvalue weighted by Crippen LogP contribution is 2.09. The first-order valence-electron chi connectivity index (χ1n) is 6.82. The van der Waals surface area contributed by atoms with E-state index in [-0.39, 0.29) is 23.5 Å². The van der Waals surface area contributed by atoms with Gasteiger partial charge < -0.3 is 10.1 Å². The van der Waals surface area contributed by atoms with Crippen LogP contribution in [0.4, 0.5) is 4.39 Å². The van der Waals surface area contributed by atoms with Gasteiger partial charge in [-0.25, -0.2) is 9.18 Å². The first kappa shape index (κ1) is 16.2. The van der Waals surface area contributed by atoms with Gasteiger partial charge in [0.25, 0.3) is 5.91 Å². The fraction of sp³-hybridized carbons (Fsp3) is 0.111. The van der Waals surface area contributed by atoms with Crippen molar-refractivity contribution in [2.45, 2.75) is 0 Å². The van der Waals surface area contributed by atoms with E-state index >= 15 is 0 Å². The number of benzene rings is 2. The molecule has 2 aromatic rings. The number of halogens is 1. The number of carbonyl (C=O) groups is 2. The highest BCUT2D eigenvalue weighted by molar-refractivity contribution is 6.05. The molecule has 0 spiro atoms. The maximum absolute atomic E-state index is 12.8. The normalized spacial score (nSPS) is 9.48. The van der Waals surface area contributed by atoms with E-state index in [1.54, 1.807) is 24.3 Å². The summed E-state index contributed by atoms with van der Waals surface area (Å²) in [5.41, 5.74) is 1.07. The Morgan fingerprint density at radius 2 is 1.74 bits per heavy atom. The minimum atomic E-state index is -0.576. The predicted octanol–water partition coefficient (Wildman–Crippen LogP) is 2.39. The highest BCUT2D eigenvalue weighted by atomic mass is 19.1. The highest BCUT2D eigenvalue weighted by Gasteiger charge is 2.16. The average molecular weight is 311 g/mol. The Morgan fingerprint density at radius 1 is 1.09 bits per heavy atom. The quantitative estimate of drug-likeness (QED) is 0.699. The molecule has 2 rings (SSSR count). The zero-order valence-corrected chi connectivity index (χ0v) is 12.4. The number of nitrogens with one attached hydrogen (secondary N) is 1. The molecule has 0 radical (unpaired) electrons. The molecule has 2 aromatic carbocycles. The predicted molar refractivity (Wildman–Crippen MR) is 83.4 cm³/mol. The molecule has 0 bridgehead atoms. The van der Waals surface area contributed by atoms with Crippen molar-refractivity contribution >= 4 is 11.9 Å². The summed E-state index contributed by atoms with van der Waals surface area (Å²) in [6, 6.07) is 12.1. The zero-order chi connectivity index (χ0) is 16.7.